The number of likely N-dealkylation sites (tertiary alicyclic amines) is 1. The van der Waals surface area contributed by atoms with E-state index < -0.39 is 0 Å². The Morgan fingerprint density at radius 2 is 2.36 bits per heavy atom. The summed E-state index contributed by atoms with van der Waals surface area (Å²) in [5.74, 6) is 0.367. The number of aliphatic hydroxyl groups is 1. The molecule has 2 nitrogen and oxygen atoms in total. The molecule has 1 fully saturated rings. The Kier molecular flexibility index (Phi) is 2.93. The third kappa shape index (κ3) is 2.47. The Morgan fingerprint density at radius 3 is 2.73 bits per heavy atom. The van der Waals surface area contributed by atoms with E-state index >= 15 is 0 Å². The molecule has 1 aliphatic heterocycles. The number of aliphatic hydroxyl groups excluding tert-OH is 1. The zero-order valence-electron chi connectivity index (χ0n) is 6.76. The average molecular weight is 176 g/mol. The Balaban J connectivity index is 2.35. The largest absolute Gasteiger partial charge is 0.391 e. The van der Waals surface area contributed by atoms with Gasteiger partial charge in [-0.15, -0.1) is 0 Å². The molecule has 0 aliphatic carbocycles. The second-order valence-corrected chi connectivity index (χ2v) is 3.79. The molecule has 0 saturated carbocycles. The van der Waals surface area contributed by atoms with E-state index in [2.05, 4.69) is 11.5 Å². The number of hydrogen-bond donors (Lipinski definition) is 1. The van der Waals surface area contributed by atoms with Crippen LogP contribution in [-0.4, -0.2) is 35.7 Å². The average Bonchev–Trinajstić information content (AvgIpc) is 2.10. The maximum atomic E-state index is 9.37. The Hall–Kier alpha value is -0.0500. The van der Waals surface area contributed by atoms with Crippen LogP contribution in [0.5, 0.6) is 0 Å². The summed E-state index contributed by atoms with van der Waals surface area (Å²) in [6, 6.07) is 0. The molecule has 2 atom stereocenters. The quantitative estimate of drug-likeness (QED) is 0.679. The summed E-state index contributed by atoms with van der Waals surface area (Å²) in [7, 11) is 0. The summed E-state index contributed by atoms with van der Waals surface area (Å²) in [5, 5.41) is 10.0. The SMILES string of the molecule is C=C(Cl)CN1CC(C)C(O)C1. The Bertz CT molecular complexity index is 150. The van der Waals surface area contributed by atoms with E-state index in [1.165, 1.54) is 0 Å². The van der Waals surface area contributed by atoms with Gasteiger partial charge in [-0.25, -0.2) is 0 Å². The van der Waals surface area contributed by atoms with E-state index in [4.69, 9.17) is 11.6 Å². The molecule has 1 N–H and O–H groups in total. The zero-order chi connectivity index (χ0) is 8.43. The number of rotatable bonds is 2. The van der Waals surface area contributed by atoms with Crippen molar-refractivity contribution in [3.05, 3.63) is 11.6 Å². The van der Waals surface area contributed by atoms with Crippen LogP contribution in [-0.2, 0) is 0 Å². The molecule has 0 radical (unpaired) electrons. The Labute approximate surface area is 72.5 Å². The first kappa shape index (κ1) is 9.04. The number of nitrogens with zero attached hydrogens (tertiary/aromatic N) is 1. The van der Waals surface area contributed by atoms with E-state index in [1.54, 1.807) is 0 Å². The third-order valence-corrected chi connectivity index (χ3v) is 2.16. The normalized spacial score (nSPS) is 32.6. The van der Waals surface area contributed by atoms with Crippen molar-refractivity contribution < 1.29 is 5.11 Å². The monoisotopic (exact) mass is 175 g/mol. The molecular weight excluding hydrogens is 162 g/mol. The van der Waals surface area contributed by atoms with Crippen molar-refractivity contribution in [1.82, 2.24) is 4.90 Å². The lowest BCUT2D eigenvalue weighted by atomic mass is 10.1. The highest BCUT2D eigenvalue weighted by Crippen LogP contribution is 2.17. The van der Waals surface area contributed by atoms with Gasteiger partial charge in [0.05, 0.1) is 6.10 Å². The first-order valence-electron chi connectivity index (χ1n) is 3.83. The summed E-state index contributed by atoms with van der Waals surface area (Å²) >= 11 is 5.64. The predicted octanol–water partition coefficient (Wildman–Crippen LogP) is 1.05. The number of hydrogen-bond acceptors (Lipinski definition) is 2. The van der Waals surface area contributed by atoms with Crippen molar-refractivity contribution >= 4 is 11.6 Å². The standard InChI is InChI=1S/C8H14ClNO/c1-6-3-10(4-7(2)9)5-8(6)11/h6,8,11H,2-5H2,1H3. The summed E-state index contributed by atoms with van der Waals surface area (Å²) in [6.07, 6.45) is -0.189. The third-order valence-electron chi connectivity index (χ3n) is 2.04. The van der Waals surface area contributed by atoms with Crippen LogP contribution >= 0.6 is 11.6 Å². The molecule has 11 heavy (non-hydrogen) atoms. The van der Waals surface area contributed by atoms with Gasteiger partial charge in [-0.05, 0) is 5.92 Å². The molecule has 0 amide bonds. The molecule has 64 valence electrons. The highest BCUT2D eigenvalue weighted by molar-refractivity contribution is 6.29. The maximum Gasteiger partial charge on any atom is 0.0704 e. The van der Waals surface area contributed by atoms with Crippen LogP contribution in [0.2, 0.25) is 0 Å². The fourth-order valence-electron chi connectivity index (χ4n) is 1.42. The van der Waals surface area contributed by atoms with Crippen LogP contribution in [0, 0.1) is 5.92 Å². The molecule has 3 heteroatoms. The van der Waals surface area contributed by atoms with Gasteiger partial charge in [0.15, 0.2) is 0 Å². The summed E-state index contributed by atoms with van der Waals surface area (Å²) in [6.45, 7) is 8.00. The van der Waals surface area contributed by atoms with Gasteiger partial charge < -0.3 is 5.11 Å². The van der Waals surface area contributed by atoms with Crippen molar-refractivity contribution in [2.24, 2.45) is 5.92 Å². The van der Waals surface area contributed by atoms with Crippen molar-refractivity contribution in [3.63, 3.8) is 0 Å². The molecule has 0 aromatic carbocycles. The summed E-state index contributed by atoms with van der Waals surface area (Å²) in [4.78, 5) is 2.12. The van der Waals surface area contributed by atoms with E-state index in [0.29, 0.717) is 17.5 Å². The lowest BCUT2D eigenvalue weighted by molar-refractivity contribution is 0.149. The van der Waals surface area contributed by atoms with E-state index in [1.807, 2.05) is 6.92 Å². The van der Waals surface area contributed by atoms with Crippen LogP contribution < -0.4 is 0 Å². The molecule has 0 bridgehead atoms. The highest BCUT2D eigenvalue weighted by atomic mass is 35.5. The van der Waals surface area contributed by atoms with Gasteiger partial charge in [-0.3, -0.25) is 4.90 Å². The van der Waals surface area contributed by atoms with Crippen molar-refractivity contribution in [2.75, 3.05) is 19.6 Å². The molecule has 0 spiro atoms. The molecule has 1 rings (SSSR count). The molecule has 1 heterocycles. The van der Waals surface area contributed by atoms with Crippen LogP contribution in [0.4, 0.5) is 0 Å². The minimum Gasteiger partial charge on any atom is -0.391 e. The van der Waals surface area contributed by atoms with Gasteiger partial charge in [0, 0.05) is 24.7 Å². The highest BCUT2D eigenvalue weighted by Gasteiger charge is 2.27. The molecule has 2 unspecified atom stereocenters. The van der Waals surface area contributed by atoms with Gasteiger partial charge in [0.2, 0.25) is 0 Å². The van der Waals surface area contributed by atoms with Crippen molar-refractivity contribution in [1.29, 1.82) is 0 Å². The van der Waals surface area contributed by atoms with Gasteiger partial charge in [0.25, 0.3) is 0 Å². The maximum absolute atomic E-state index is 9.37. The smallest absolute Gasteiger partial charge is 0.0704 e. The second kappa shape index (κ2) is 3.57. The zero-order valence-corrected chi connectivity index (χ0v) is 7.51. The van der Waals surface area contributed by atoms with E-state index in [0.717, 1.165) is 13.1 Å². The molecule has 0 aromatic rings. The summed E-state index contributed by atoms with van der Waals surface area (Å²) in [5.41, 5.74) is 0. The lowest BCUT2D eigenvalue weighted by Crippen LogP contribution is -2.23. The second-order valence-electron chi connectivity index (χ2n) is 3.26. The molecule has 0 aromatic heterocycles. The van der Waals surface area contributed by atoms with E-state index in [-0.39, 0.29) is 6.10 Å². The fourth-order valence-corrected chi connectivity index (χ4v) is 1.59. The predicted molar refractivity (Wildman–Crippen MR) is 46.6 cm³/mol. The Morgan fingerprint density at radius 1 is 1.73 bits per heavy atom. The molecule has 1 saturated heterocycles. The van der Waals surface area contributed by atoms with Crippen LogP contribution in [0.1, 0.15) is 6.92 Å². The van der Waals surface area contributed by atoms with Gasteiger partial charge in [0.1, 0.15) is 0 Å². The minimum absolute atomic E-state index is 0.189. The first-order chi connectivity index (χ1) is 5.09. The summed E-state index contributed by atoms with van der Waals surface area (Å²) < 4.78 is 0. The molecule has 1 aliphatic rings. The number of halogens is 1. The van der Waals surface area contributed by atoms with Crippen LogP contribution in [0.25, 0.3) is 0 Å². The molecular formula is C8H14ClNO. The first-order valence-corrected chi connectivity index (χ1v) is 4.21. The van der Waals surface area contributed by atoms with Crippen LogP contribution in [0.15, 0.2) is 11.6 Å². The topological polar surface area (TPSA) is 23.5 Å². The lowest BCUT2D eigenvalue weighted by Gasteiger charge is -2.12. The van der Waals surface area contributed by atoms with Crippen LogP contribution in [0.3, 0.4) is 0 Å². The minimum atomic E-state index is -0.189. The number of β-amino-alcohol motifs (C(OH)–C–C–N with tert-alkyl or cyclic N) is 1. The van der Waals surface area contributed by atoms with Gasteiger partial charge in [-0.1, -0.05) is 25.1 Å². The van der Waals surface area contributed by atoms with E-state index in [9.17, 15) is 5.11 Å². The fraction of sp³-hybridized carbons (Fsp3) is 0.750. The van der Waals surface area contributed by atoms with Gasteiger partial charge in [-0.2, -0.15) is 0 Å². The van der Waals surface area contributed by atoms with Crippen molar-refractivity contribution in [3.8, 4) is 0 Å². The van der Waals surface area contributed by atoms with Crippen molar-refractivity contribution in [2.45, 2.75) is 13.0 Å². The van der Waals surface area contributed by atoms with Gasteiger partial charge >= 0.3 is 0 Å².